The van der Waals surface area contributed by atoms with Gasteiger partial charge in [0.2, 0.25) is 0 Å². The average molecular weight is 1410 g/mol. The Morgan fingerprint density at radius 3 is 1.24 bits per heavy atom. The molecule has 0 saturated heterocycles. The van der Waals surface area contributed by atoms with Crippen molar-refractivity contribution in [1.82, 2.24) is 24.9 Å². The van der Waals surface area contributed by atoms with Gasteiger partial charge in [0.05, 0.1) is 28.5 Å². The minimum atomic E-state index is -0.361. The van der Waals surface area contributed by atoms with Crippen molar-refractivity contribution in [3.05, 3.63) is 356 Å². The summed E-state index contributed by atoms with van der Waals surface area (Å²) in [5.74, 6) is 6.65. The molecule has 3 aromatic heterocycles. The van der Waals surface area contributed by atoms with E-state index in [9.17, 15) is 0 Å². The van der Waals surface area contributed by atoms with Gasteiger partial charge in [0.1, 0.15) is 0 Å². The fourth-order valence-electron chi connectivity index (χ4n) is 16.9. The third-order valence-corrected chi connectivity index (χ3v) is 22.6. The second-order valence-corrected chi connectivity index (χ2v) is 29.7. The highest BCUT2D eigenvalue weighted by atomic mass is 16.6. The van der Waals surface area contributed by atoms with Crippen LogP contribution in [0.4, 0.5) is 0 Å². The highest BCUT2D eigenvalue weighted by Gasteiger charge is 2.43. The Labute approximate surface area is 637 Å². The van der Waals surface area contributed by atoms with Crippen molar-refractivity contribution in [3.63, 3.8) is 0 Å². The summed E-state index contributed by atoms with van der Waals surface area (Å²) in [5, 5.41) is 2.23. The fourth-order valence-corrected chi connectivity index (χ4v) is 16.9. The molecule has 0 atom stereocenters. The Morgan fingerprint density at radius 1 is 0.218 bits per heavy atom. The highest BCUT2D eigenvalue weighted by molar-refractivity contribution is 6.05. The second kappa shape index (κ2) is 25.3. The molecule has 110 heavy (non-hydrogen) atoms. The standard InChI is InChI=1S/C101H67N5O4/c1-100(2)79-37-18-16-33-76(79)91-81(100)52-54-90-96(91)109-93-71(35-21-39-88(93)107-90)61-41-45-65(46-42-61)86-57-84(63-25-10-6-11-26-63)103-98(104-86)68-30-20-29-67(55-68)83-53-49-69(59-102-83)78-56-82-92(77-34-17-19-38-80(77)101(82,3)4)97-95(78)108-89-40-22-36-72(94(89)110-97)62-43-47-66(48-44-62)87-58-85(64-27-12-7-13-28-64)105-99(106-87)75-51-50-70(60-23-8-5-9-24-60)73-31-14-15-32-74(73)75/h5-59H,1-4H3. The van der Waals surface area contributed by atoms with Crippen LogP contribution in [0.25, 0.3) is 157 Å². The van der Waals surface area contributed by atoms with E-state index in [2.05, 4.69) is 301 Å². The van der Waals surface area contributed by atoms with E-state index in [1.54, 1.807) is 0 Å². The number of hydrogen-bond acceptors (Lipinski definition) is 9. The molecule has 0 spiro atoms. The van der Waals surface area contributed by atoms with Crippen LogP contribution in [0.3, 0.4) is 0 Å². The van der Waals surface area contributed by atoms with E-state index in [0.29, 0.717) is 51.9 Å². The molecule has 2 aliphatic carbocycles. The Hall–Kier alpha value is -14.2. The monoisotopic (exact) mass is 1410 g/mol. The number of rotatable bonds is 11. The summed E-state index contributed by atoms with van der Waals surface area (Å²) in [5.41, 5.74) is 27.3. The SMILES string of the molecule is CC1(C)c2ccccc2-c2c1ccc1c2Oc2c(cccc2-c2ccc(-c3cc(-c4ccccc4)nc(-c4cccc(-c5ccc(-c6cc7c(c8c6Oc6cccc(-c9ccc(-c%10cc(-c%11ccccc%11)nc(-c%11ccc(-c%12ccccc%12)c%12ccccc%11%12)n%10)cc9)c6O8)-c6ccccc6C7(C)C)cn5)c4)n3)cc2)O1. The van der Waals surface area contributed by atoms with Gasteiger partial charge in [-0.05, 0) is 121 Å². The number of pyridine rings is 1. The van der Waals surface area contributed by atoms with Gasteiger partial charge in [-0.2, -0.15) is 0 Å². The maximum absolute atomic E-state index is 7.44. The highest BCUT2D eigenvalue weighted by Crippen LogP contribution is 2.63. The largest absolute Gasteiger partial charge is 0.449 e. The molecule has 0 radical (unpaired) electrons. The van der Waals surface area contributed by atoms with Crippen molar-refractivity contribution >= 4 is 10.8 Å². The summed E-state index contributed by atoms with van der Waals surface area (Å²) < 4.78 is 28.4. The number of nitrogens with zero attached hydrogens (tertiary/aromatic N) is 5. The molecule has 0 amide bonds. The third kappa shape index (κ3) is 10.6. The van der Waals surface area contributed by atoms with E-state index < -0.39 is 0 Å². The summed E-state index contributed by atoms with van der Waals surface area (Å²) in [7, 11) is 0. The van der Waals surface area contributed by atoms with Crippen LogP contribution in [0.1, 0.15) is 49.9 Å². The average Bonchev–Trinajstić information content (AvgIpc) is 1.55. The predicted molar refractivity (Wildman–Crippen MR) is 441 cm³/mol. The van der Waals surface area contributed by atoms with E-state index in [1.165, 1.54) is 22.3 Å². The summed E-state index contributed by atoms with van der Waals surface area (Å²) in [6.07, 6.45) is 1.95. The molecular weight excluding hydrogens is 1350 g/mol. The lowest BCUT2D eigenvalue weighted by Crippen LogP contribution is -2.15. The fraction of sp³-hybridized carbons (Fsp3) is 0.0594. The third-order valence-electron chi connectivity index (χ3n) is 22.6. The van der Waals surface area contributed by atoms with Gasteiger partial charge in [0, 0.05) is 89.4 Å². The molecule has 21 rings (SSSR count). The van der Waals surface area contributed by atoms with Crippen molar-refractivity contribution in [2.24, 2.45) is 0 Å². The van der Waals surface area contributed by atoms with E-state index >= 15 is 0 Å². The minimum Gasteiger partial charge on any atom is -0.449 e. The van der Waals surface area contributed by atoms with Crippen molar-refractivity contribution in [1.29, 1.82) is 0 Å². The first-order valence-electron chi connectivity index (χ1n) is 37.3. The van der Waals surface area contributed by atoms with Crippen molar-refractivity contribution < 1.29 is 18.9 Å². The number of ether oxygens (including phenoxy) is 4. The number of para-hydroxylation sites is 2. The van der Waals surface area contributed by atoms with Gasteiger partial charge in [0.25, 0.3) is 0 Å². The van der Waals surface area contributed by atoms with E-state index in [4.69, 9.17) is 43.9 Å². The normalized spacial score (nSPS) is 13.3. The maximum Gasteiger partial charge on any atom is 0.178 e. The second-order valence-electron chi connectivity index (χ2n) is 29.7. The van der Waals surface area contributed by atoms with Crippen molar-refractivity contribution in [2.45, 2.75) is 38.5 Å². The molecule has 0 unspecified atom stereocenters. The van der Waals surface area contributed by atoms with Crippen LogP contribution in [-0.2, 0) is 10.8 Å². The van der Waals surface area contributed by atoms with Gasteiger partial charge in [-0.15, -0.1) is 0 Å². The van der Waals surface area contributed by atoms with Gasteiger partial charge >= 0.3 is 0 Å². The lowest BCUT2D eigenvalue weighted by molar-refractivity contribution is 0.361. The molecule has 0 saturated carbocycles. The Balaban J connectivity index is 0.594. The molecule has 14 aromatic carbocycles. The maximum atomic E-state index is 7.44. The minimum absolute atomic E-state index is 0.180. The summed E-state index contributed by atoms with van der Waals surface area (Å²) in [6.45, 7) is 9.15. The van der Waals surface area contributed by atoms with Crippen LogP contribution in [0, 0.1) is 0 Å². The zero-order valence-electron chi connectivity index (χ0n) is 60.6. The van der Waals surface area contributed by atoms with Gasteiger partial charge in [-0.1, -0.05) is 301 Å². The smallest absolute Gasteiger partial charge is 0.178 e. The summed E-state index contributed by atoms with van der Waals surface area (Å²) in [4.78, 5) is 26.5. The summed E-state index contributed by atoms with van der Waals surface area (Å²) >= 11 is 0. The molecule has 0 bridgehead atoms. The molecular formula is C101H67N5O4. The van der Waals surface area contributed by atoms with Gasteiger partial charge in [0.15, 0.2) is 57.6 Å². The number of aromatic nitrogens is 5. The van der Waals surface area contributed by atoms with E-state index in [1.807, 2.05) is 60.8 Å². The number of benzene rings is 14. The quantitative estimate of drug-likeness (QED) is 0.125. The van der Waals surface area contributed by atoms with Crippen LogP contribution >= 0.6 is 0 Å². The van der Waals surface area contributed by atoms with Crippen molar-refractivity contribution in [3.8, 4) is 192 Å². The Morgan fingerprint density at radius 2 is 0.645 bits per heavy atom. The molecule has 2 aliphatic heterocycles. The van der Waals surface area contributed by atoms with Crippen LogP contribution in [0.15, 0.2) is 334 Å². The van der Waals surface area contributed by atoms with Crippen LogP contribution in [-0.4, -0.2) is 24.9 Å². The van der Waals surface area contributed by atoms with E-state index in [0.717, 1.165) is 151 Å². The molecule has 5 heterocycles. The lowest BCUT2D eigenvalue weighted by atomic mass is 9.81. The van der Waals surface area contributed by atoms with Crippen LogP contribution < -0.4 is 18.9 Å². The molecule has 17 aromatic rings. The molecule has 4 aliphatic rings. The molecule has 0 fully saturated rings. The first-order chi connectivity index (χ1) is 54.0. The Bertz CT molecular complexity index is 6620. The Kier molecular flexibility index (Phi) is 14.8. The van der Waals surface area contributed by atoms with Crippen LogP contribution in [0.2, 0.25) is 0 Å². The van der Waals surface area contributed by atoms with Crippen LogP contribution in [0.5, 0.6) is 46.0 Å². The topological polar surface area (TPSA) is 101 Å². The zero-order chi connectivity index (χ0) is 73.3. The molecule has 9 heteroatoms. The van der Waals surface area contributed by atoms with E-state index in [-0.39, 0.29) is 10.8 Å². The number of fused-ring (bicyclic) bond motifs is 13. The first-order valence-corrected chi connectivity index (χ1v) is 37.3. The van der Waals surface area contributed by atoms with Crippen molar-refractivity contribution in [2.75, 3.05) is 0 Å². The molecule has 520 valence electrons. The van der Waals surface area contributed by atoms with Gasteiger partial charge in [-0.3, -0.25) is 4.98 Å². The zero-order valence-corrected chi connectivity index (χ0v) is 60.6. The lowest BCUT2D eigenvalue weighted by Gasteiger charge is -2.29. The molecule has 0 N–H and O–H groups in total. The molecule has 9 nitrogen and oxygen atoms in total. The summed E-state index contributed by atoms with van der Waals surface area (Å²) in [6, 6.07) is 114. The predicted octanol–water partition coefficient (Wildman–Crippen LogP) is 26.6. The first kappa shape index (κ1) is 64.3. The van der Waals surface area contributed by atoms with Gasteiger partial charge < -0.3 is 18.9 Å². The van der Waals surface area contributed by atoms with Gasteiger partial charge in [-0.25, -0.2) is 19.9 Å². The number of hydrogen-bond donors (Lipinski definition) is 0.